The molecule has 0 radical (unpaired) electrons. The van der Waals surface area contributed by atoms with Crippen molar-refractivity contribution >= 4 is 28.1 Å². The van der Waals surface area contributed by atoms with E-state index in [1.165, 1.54) is 15.8 Å². The molecule has 0 spiro atoms. The van der Waals surface area contributed by atoms with Gasteiger partial charge in [-0.15, -0.1) is 11.3 Å². The summed E-state index contributed by atoms with van der Waals surface area (Å²) in [6.45, 7) is 0.681. The van der Waals surface area contributed by atoms with E-state index in [1.807, 2.05) is 30.3 Å². The largest absolute Gasteiger partial charge is 0.361 e. The molecule has 5 heteroatoms. The predicted molar refractivity (Wildman–Crippen MR) is 123 cm³/mol. The molecule has 2 atom stereocenters. The summed E-state index contributed by atoms with van der Waals surface area (Å²) in [6, 6.07) is 22.7. The Morgan fingerprint density at radius 2 is 1.83 bits per heavy atom. The molecule has 5 rings (SSSR count). The van der Waals surface area contributed by atoms with E-state index in [4.69, 9.17) is 0 Å². The first-order valence-electron chi connectivity index (χ1n) is 10.5. The number of rotatable bonds is 8. The monoisotopic (exact) mass is 415 g/mol. The first-order valence-corrected chi connectivity index (χ1v) is 11.4. The lowest BCUT2D eigenvalue weighted by Crippen LogP contribution is -2.40. The van der Waals surface area contributed by atoms with E-state index < -0.39 is 0 Å². The van der Waals surface area contributed by atoms with Crippen molar-refractivity contribution in [1.82, 2.24) is 15.6 Å². The standard InChI is InChI=1S/C25H25N3OS/c29-25(28-18-12-13-18)24(17-7-2-1-3-8-17)27-16-21(23-11-6-14-30-23)20-15-26-22-10-5-4-9-19(20)22/h1-11,14-15,18,21,24,26-27H,12-13,16H2,(H,28,29)/t21-,24+/m0/s1. The summed E-state index contributed by atoms with van der Waals surface area (Å²) in [5.41, 5.74) is 3.40. The maximum atomic E-state index is 13.0. The highest BCUT2D eigenvalue weighted by Crippen LogP contribution is 2.33. The zero-order valence-corrected chi connectivity index (χ0v) is 17.5. The van der Waals surface area contributed by atoms with E-state index in [9.17, 15) is 4.79 Å². The quantitative estimate of drug-likeness (QED) is 0.380. The van der Waals surface area contributed by atoms with Crippen LogP contribution in [-0.2, 0) is 4.79 Å². The number of H-pyrrole nitrogens is 1. The smallest absolute Gasteiger partial charge is 0.241 e. The number of aromatic amines is 1. The van der Waals surface area contributed by atoms with Gasteiger partial charge < -0.3 is 15.6 Å². The normalized spacial score (nSPS) is 15.7. The van der Waals surface area contributed by atoms with Crippen molar-refractivity contribution in [2.45, 2.75) is 30.8 Å². The van der Waals surface area contributed by atoms with Crippen molar-refractivity contribution < 1.29 is 4.79 Å². The molecule has 30 heavy (non-hydrogen) atoms. The van der Waals surface area contributed by atoms with Gasteiger partial charge in [-0.1, -0.05) is 54.6 Å². The minimum absolute atomic E-state index is 0.0626. The molecule has 1 saturated carbocycles. The lowest BCUT2D eigenvalue weighted by molar-refractivity contribution is -0.123. The van der Waals surface area contributed by atoms with E-state index in [-0.39, 0.29) is 17.9 Å². The minimum atomic E-state index is -0.362. The second-order valence-corrected chi connectivity index (χ2v) is 8.87. The molecular weight excluding hydrogens is 390 g/mol. The molecule has 2 aromatic heterocycles. The third-order valence-electron chi connectivity index (χ3n) is 5.73. The van der Waals surface area contributed by atoms with Crippen molar-refractivity contribution in [3.05, 3.63) is 94.3 Å². The number of hydrogen-bond acceptors (Lipinski definition) is 3. The van der Waals surface area contributed by atoms with E-state index in [1.54, 1.807) is 11.3 Å². The lowest BCUT2D eigenvalue weighted by atomic mass is 9.95. The Labute approximate surface area is 180 Å². The number of thiophene rings is 1. The third-order valence-corrected chi connectivity index (χ3v) is 6.71. The number of carbonyl (C=O) groups is 1. The molecule has 3 N–H and O–H groups in total. The van der Waals surface area contributed by atoms with Crippen LogP contribution in [0.4, 0.5) is 0 Å². The third kappa shape index (κ3) is 4.04. The first kappa shape index (κ1) is 19.1. The summed E-state index contributed by atoms with van der Waals surface area (Å²) < 4.78 is 0. The fourth-order valence-electron chi connectivity index (χ4n) is 3.99. The molecule has 1 aliphatic rings. The highest BCUT2D eigenvalue weighted by atomic mass is 32.1. The van der Waals surface area contributed by atoms with E-state index >= 15 is 0 Å². The summed E-state index contributed by atoms with van der Waals surface area (Å²) in [7, 11) is 0. The van der Waals surface area contributed by atoms with Gasteiger partial charge in [-0.25, -0.2) is 0 Å². The average Bonchev–Trinajstić information content (AvgIpc) is 3.26. The number of aromatic nitrogens is 1. The summed E-state index contributed by atoms with van der Waals surface area (Å²) >= 11 is 1.76. The minimum Gasteiger partial charge on any atom is -0.361 e. The van der Waals surface area contributed by atoms with Gasteiger partial charge >= 0.3 is 0 Å². The van der Waals surface area contributed by atoms with Crippen molar-refractivity contribution in [3.8, 4) is 0 Å². The fourth-order valence-corrected chi connectivity index (χ4v) is 4.84. The molecule has 4 nitrogen and oxygen atoms in total. The van der Waals surface area contributed by atoms with Crippen LogP contribution in [0.5, 0.6) is 0 Å². The van der Waals surface area contributed by atoms with Crippen LogP contribution < -0.4 is 10.6 Å². The van der Waals surface area contributed by atoms with Crippen LogP contribution in [0.3, 0.4) is 0 Å². The van der Waals surface area contributed by atoms with Gasteiger partial charge in [0, 0.05) is 40.5 Å². The highest BCUT2D eigenvalue weighted by molar-refractivity contribution is 7.10. The molecule has 1 fully saturated rings. The highest BCUT2D eigenvalue weighted by Gasteiger charge is 2.29. The molecule has 0 aliphatic heterocycles. The number of para-hydroxylation sites is 1. The number of carbonyl (C=O) groups excluding carboxylic acids is 1. The van der Waals surface area contributed by atoms with Crippen molar-refractivity contribution in [2.75, 3.05) is 6.54 Å². The summed E-state index contributed by atoms with van der Waals surface area (Å²) in [5.74, 6) is 0.230. The Hall–Kier alpha value is -2.89. The number of benzene rings is 2. The van der Waals surface area contributed by atoms with Crippen LogP contribution in [0.15, 0.2) is 78.3 Å². The SMILES string of the molecule is O=C(NC1CC1)[C@H](NC[C@H](c1cccs1)c1c[nH]c2ccccc12)c1ccccc1. The van der Waals surface area contributed by atoms with Crippen LogP contribution in [0.1, 0.15) is 40.8 Å². The molecule has 2 aromatic carbocycles. The Bertz CT molecular complexity index is 1120. The summed E-state index contributed by atoms with van der Waals surface area (Å²) in [5, 5.41) is 10.1. The second kappa shape index (κ2) is 8.46. The van der Waals surface area contributed by atoms with Crippen molar-refractivity contribution in [2.24, 2.45) is 0 Å². The number of hydrogen-bond donors (Lipinski definition) is 3. The molecule has 152 valence electrons. The molecule has 1 aliphatic carbocycles. The number of fused-ring (bicyclic) bond motifs is 1. The van der Waals surface area contributed by atoms with E-state index in [0.29, 0.717) is 12.6 Å². The van der Waals surface area contributed by atoms with Gasteiger partial charge in [0.1, 0.15) is 6.04 Å². The van der Waals surface area contributed by atoms with Crippen LogP contribution in [0, 0.1) is 0 Å². The van der Waals surface area contributed by atoms with Gasteiger partial charge in [0.05, 0.1) is 0 Å². The topological polar surface area (TPSA) is 56.9 Å². The zero-order chi connectivity index (χ0) is 20.3. The molecule has 4 aromatic rings. The Balaban J connectivity index is 1.44. The molecule has 0 saturated heterocycles. The molecule has 2 heterocycles. The Morgan fingerprint density at radius 1 is 1.03 bits per heavy atom. The van der Waals surface area contributed by atoms with Gasteiger partial charge in [-0.05, 0) is 41.5 Å². The second-order valence-electron chi connectivity index (χ2n) is 7.89. The summed E-state index contributed by atoms with van der Waals surface area (Å²) in [4.78, 5) is 17.7. The van der Waals surface area contributed by atoms with Gasteiger partial charge in [0.15, 0.2) is 0 Å². The molecular formula is C25H25N3OS. The van der Waals surface area contributed by atoms with Crippen LogP contribution in [-0.4, -0.2) is 23.5 Å². The lowest BCUT2D eigenvalue weighted by Gasteiger charge is -2.23. The van der Waals surface area contributed by atoms with E-state index in [0.717, 1.165) is 23.9 Å². The maximum Gasteiger partial charge on any atom is 0.241 e. The summed E-state index contributed by atoms with van der Waals surface area (Å²) in [6.07, 6.45) is 4.28. The van der Waals surface area contributed by atoms with Crippen molar-refractivity contribution in [1.29, 1.82) is 0 Å². The number of nitrogens with one attached hydrogen (secondary N) is 3. The number of amides is 1. The van der Waals surface area contributed by atoms with Gasteiger partial charge in [0.2, 0.25) is 5.91 Å². The Kier molecular flexibility index (Phi) is 5.39. The van der Waals surface area contributed by atoms with Gasteiger partial charge in [-0.2, -0.15) is 0 Å². The van der Waals surface area contributed by atoms with Gasteiger partial charge in [0.25, 0.3) is 0 Å². The van der Waals surface area contributed by atoms with Crippen LogP contribution >= 0.6 is 11.3 Å². The van der Waals surface area contributed by atoms with Gasteiger partial charge in [-0.3, -0.25) is 4.79 Å². The molecule has 1 amide bonds. The zero-order valence-electron chi connectivity index (χ0n) is 16.7. The van der Waals surface area contributed by atoms with Crippen LogP contribution in [0.25, 0.3) is 10.9 Å². The van der Waals surface area contributed by atoms with Crippen molar-refractivity contribution in [3.63, 3.8) is 0 Å². The van der Waals surface area contributed by atoms with Crippen LogP contribution in [0.2, 0.25) is 0 Å². The Morgan fingerprint density at radius 3 is 2.60 bits per heavy atom. The first-order chi connectivity index (χ1) is 14.8. The predicted octanol–water partition coefficient (Wildman–Crippen LogP) is 4.97. The fraction of sp³-hybridized carbons (Fsp3) is 0.240. The maximum absolute atomic E-state index is 13.0. The average molecular weight is 416 g/mol. The molecule has 0 bridgehead atoms. The van der Waals surface area contributed by atoms with E-state index in [2.05, 4.69) is 63.6 Å². The molecule has 0 unspecified atom stereocenters.